The predicted molar refractivity (Wildman–Crippen MR) is 171 cm³/mol. The highest BCUT2D eigenvalue weighted by Gasteiger charge is 2.76. The Morgan fingerprint density at radius 2 is 1.70 bits per heavy atom. The first kappa shape index (κ1) is 30.3. The van der Waals surface area contributed by atoms with Crippen LogP contribution in [0.2, 0.25) is 18.1 Å². The third-order valence-electron chi connectivity index (χ3n) is 11.1. The first-order chi connectivity index (χ1) is 21.3. The van der Waals surface area contributed by atoms with Crippen LogP contribution in [0.15, 0.2) is 79.4 Å². The molecule has 8 nitrogen and oxygen atoms in total. The number of carbonyl (C=O) groups is 3. The van der Waals surface area contributed by atoms with Crippen LogP contribution in [-0.4, -0.2) is 57.6 Å². The number of rotatable bonds is 9. The number of allylic oxidation sites excluding steroid dienone is 1. The Morgan fingerprint density at radius 3 is 2.36 bits per heavy atom. The van der Waals surface area contributed by atoms with Crippen molar-refractivity contribution in [3.63, 3.8) is 0 Å². The number of benzene rings is 2. The van der Waals surface area contributed by atoms with E-state index in [0.717, 1.165) is 29.3 Å². The van der Waals surface area contributed by atoms with Gasteiger partial charge in [0.15, 0.2) is 8.32 Å². The number of amides is 3. The first-order valence-electron chi connectivity index (χ1n) is 15.7. The van der Waals surface area contributed by atoms with E-state index in [-0.39, 0.29) is 36.3 Å². The monoisotopic (exact) mass is 614 g/mol. The molecular formula is C35H42N2O6Si. The van der Waals surface area contributed by atoms with Crippen molar-refractivity contribution < 1.29 is 28.3 Å². The molecule has 0 radical (unpaired) electrons. The molecule has 6 rings (SSSR count). The molecule has 0 N–H and O–H groups in total. The summed E-state index contributed by atoms with van der Waals surface area (Å²) in [6.07, 6.45) is 4.94. The summed E-state index contributed by atoms with van der Waals surface area (Å²) in [5, 5.41) is 0. The number of ether oxygens (including phenoxy) is 2. The summed E-state index contributed by atoms with van der Waals surface area (Å²) in [4.78, 5) is 44.8. The zero-order valence-electron chi connectivity index (χ0n) is 26.0. The van der Waals surface area contributed by atoms with Crippen molar-refractivity contribution in [3.05, 3.63) is 90.5 Å². The number of fused-ring (bicyclic) bond motifs is 2. The zero-order valence-corrected chi connectivity index (χ0v) is 27.0. The summed E-state index contributed by atoms with van der Waals surface area (Å²) in [7, 11) is -0.551. The number of hydrogen-bond donors (Lipinski definition) is 0. The molecule has 4 aliphatic rings. The van der Waals surface area contributed by atoms with Crippen molar-refractivity contribution in [2.45, 2.75) is 57.0 Å². The maximum atomic E-state index is 14.8. The number of piperidine rings is 1. The van der Waals surface area contributed by atoms with Crippen LogP contribution >= 0.6 is 0 Å². The van der Waals surface area contributed by atoms with Crippen LogP contribution in [0.1, 0.15) is 31.9 Å². The van der Waals surface area contributed by atoms with Gasteiger partial charge in [-0.1, -0.05) is 87.5 Å². The summed E-state index contributed by atoms with van der Waals surface area (Å²) in [5.74, 6) is -0.757. The molecule has 2 unspecified atom stereocenters. The minimum atomic E-state index is -1.94. The van der Waals surface area contributed by atoms with Gasteiger partial charge >= 0.3 is 12.2 Å². The molecule has 3 amide bonds. The second-order valence-electron chi connectivity index (χ2n) is 12.6. The number of nitrogens with zero attached hydrogens (tertiary/aromatic N) is 2. The van der Waals surface area contributed by atoms with Gasteiger partial charge in [0.1, 0.15) is 12.0 Å². The number of para-hydroxylation sites is 1. The van der Waals surface area contributed by atoms with Crippen molar-refractivity contribution in [3.8, 4) is 0 Å². The number of imide groups is 1. The van der Waals surface area contributed by atoms with E-state index in [1.54, 1.807) is 11.0 Å². The van der Waals surface area contributed by atoms with Gasteiger partial charge in [0.2, 0.25) is 0 Å². The van der Waals surface area contributed by atoms with Gasteiger partial charge in [0, 0.05) is 36.4 Å². The molecule has 9 heteroatoms. The quantitative estimate of drug-likeness (QED) is 0.231. The molecule has 2 aliphatic heterocycles. The van der Waals surface area contributed by atoms with Gasteiger partial charge in [-0.15, -0.1) is 6.58 Å². The lowest BCUT2D eigenvalue weighted by molar-refractivity contribution is -0.124. The van der Waals surface area contributed by atoms with E-state index in [9.17, 15) is 14.4 Å². The first-order valence-corrected chi connectivity index (χ1v) is 18.3. The lowest BCUT2D eigenvalue weighted by atomic mass is 9.56. The van der Waals surface area contributed by atoms with Gasteiger partial charge in [0.05, 0.1) is 12.8 Å². The third-order valence-corrected chi connectivity index (χ3v) is 15.8. The smallest absolute Gasteiger partial charge is 0.421 e. The average Bonchev–Trinajstić information content (AvgIpc) is 3.60. The molecule has 2 fully saturated rings. The minimum absolute atomic E-state index is 0.0258. The number of anilines is 1. The van der Waals surface area contributed by atoms with Gasteiger partial charge in [0.25, 0.3) is 5.91 Å². The van der Waals surface area contributed by atoms with E-state index in [1.807, 2.05) is 60.7 Å². The molecule has 2 aromatic rings. The highest BCUT2D eigenvalue weighted by molar-refractivity contribution is 6.73. The van der Waals surface area contributed by atoms with Gasteiger partial charge in [-0.2, -0.15) is 0 Å². The minimum Gasteiger partial charge on any atom is -0.453 e. The van der Waals surface area contributed by atoms with Crippen LogP contribution in [0.5, 0.6) is 0 Å². The third kappa shape index (κ3) is 4.15. The zero-order chi connectivity index (χ0) is 31.3. The molecule has 44 heavy (non-hydrogen) atoms. The maximum absolute atomic E-state index is 14.8. The van der Waals surface area contributed by atoms with Gasteiger partial charge in [-0.3, -0.25) is 4.79 Å². The van der Waals surface area contributed by atoms with E-state index in [0.29, 0.717) is 18.8 Å². The molecule has 6 atom stereocenters. The summed E-state index contributed by atoms with van der Waals surface area (Å²) >= 11 is 0. The van der Waals surface area contributed by atoms with Gasteiger partial charge < -0.3 is 18.8 Å². The van der Waals surface area contributed by atoms with E-state index in [2.05, 4.69) is 33.4 Å². The molecule has 4 bridgehead atoms. The summed E-state index contributed by atoms with van der Waals surface area (Å²) in [6.45, 7) is 11.8. The Labute approximate surface area is 260 Å². The van der Waals surface area contributed by atoms with Crippen LogP contribution in [0.3, 0.4) is 0 Å². The van der Waals surface area contributed by atoms with E-state index < -0.39 is 31.3 Å². The highest BCUT2D eigenvalue weighted by Crippen LogP contribution is 2.70. The molecule has 2 heterocycles. The van der Waals surface area contributed by atoms with E-state index in [1.165, 1.54) is 12.0 Å². The second kappa shape index (κ2) is 11.3. The van der Waals surface area contributed by atoms with Gasteiger partial charge in [-0.25, -0.2) is 14.5 Å². The predicted octanol–water partition coefficient (Wildman–Crippen LogP) is 6.68. The van der Waals surface area contributed by atoms with Crippen LogP contribution in [-0.2, 0) is 30.7 Å². The summed E-state index contributed by atoms with van der Waals surface area (Å²) < 4.78 is 17.9. The Balaban J connectivity index is 1.42. The van der Waals surface area contributed by atoms with Crippen molar-refractivity contribution in [2.24, 2.45) is 23.2 Å². The molecule has 232 valence electrons. The molecule has 1 saturated carbocycles. The number of carbonyl (C=O) groups excluding carboxylic acids is 3. The Hall–Kier alpha value is -3.69. The highest BCUT2D eigenvalue weighted by atomic mass is 28.4. The van der Waals surface area contributed by atoms with Crippen LogP contribution < -0.4 is 4.90 Å². The van der Waals surface area contributed by atoms with E-state index >= 15 is 0 Å². The normalized spacial score (nSPS) is 29.7. The molecule has 1 spiro atoms. The van der Waals surface area contributed by atoms with Crippen LogP contribution in [0.25, 0.3) is 0 Å². The molecular weight excluding hydrogens is 572 g/mol. The number of likely N-dealkylation sites (tertiary alicyclic amines) is 1. The SMILES string of the molecule is C=CC12CN(C(=O)OC)[C@@H]3C(CO[Si](CC)(CC)CC)[C@H]1C=C[C@]1(C(=O)N(C(=O)OCc4ccccc4)c4ccccc41)[C@@H]32. The fourth-order valence-electron chi connectivity index (χ4n) is 8.79. The van der Waals surface area contributed by atoms with Crippen LogP contribution in [0.4, 0.5) is 15.3 Å². The molecule has 2 aromatic carbocycles. The molecule has 0 aromatic heterocycles. The van der Waals surface area contributed by atoms with Gasteiger partial charge in [-0.05, 0) is 41.2 Å². The van der Waals surface area contributed by atoms with Crippen molar-refractivity contribution >= 4 is 32.1 Å². The van der Waals surface area contributed by atoms with E-state index in [4.69, 9.17) is 13.9 Å². The van der Waals surface area contributed by atoms with Crippen molar-refractivity contribution in [2.75, 3.05) is 25.2 Å². The van der Waals surface area contributed by atoms with Crippen molar-refractivity contribution in [1.29, 1.82) is 0 Å². The number of hydrogen-bond acceptors (Lipinski definition) is 6. The Kier molecular flexibility index (Phi) is 7.82. The standard InChI is InChI=1S/C35H42N2O6Si/c1-6-34-23-36(32(39)41-5)29-25(22-43-44(7-2,8-3)9-4)26(34)19-20-35(30(29)34)27-17-13-14-18-28(27)37(31(35)38)33(40)42-21-24-15-11-10-12-16-24/h6,10-20,25-26,29-30H,1,7-9,21-23H2,2-5H3/t25?,26-,29-,30+,34?,35-/m1/s1. The largest absolute Gasteiger partial charge is 0.453 e. The summed E-state index contributed by atoms with van der Waals surface area (Å²) in [6, 6.07) is 19.5. The molecule has 2 aliphatic carbocycles. The fraction of sp³-hybridized carbons (Fsp3) is 0.457. The topological polar surface area (TPSA) is 85.4 Å². The molecule has 1 saturated heterocycles. The second-order valence-corrected chi connectivity index (χ2v) is 17.3. The fourth-order valence-corrected chi connectivity index (χ4v) is 11.4. The average molecular weight is 615 g/mol. The lowest BCUT2D eigenvalue weighted by Crippen LogP contribution is -2.53. The Morgan fingerprint density at radius 1 is 1.02 bits per heavy atom. The van der Waals surface area contributed by atoms with Crippen molar-refractivity contribution in [1.82, 2.24) is 4.90 Å². The maximum Gasteiger partial charge on any atom is 0.421 e. The van der Waals surface area contributed by atoms with Crippen LogP contribution in [0, 0.1) is 23.2 Å². The Bertz CT molecular complexity index is 1480. The lowest BCUT2D eigenvalue weighted by Gasteiger charge is -2.45. The summed E-state index contributed by atoms with van der Waals surface area (Å²) in [5.41, 5.74) is 0.284. The number of methoxy groups -OCH3 is 1.